The van der Waals surface area contributed by atoms with Gasteiger partial charge in [0.2, 0.25) is 0 Å². The first-order valence-electron chi connectivity index (χ1n) is 5.35. The third-order valence-corrected chi connectivity index (χ3v) is 3.30. The fourth-order valence-electron chi connectivity index (χ4n) is 2.09. The normalized spacial score (nSPS) is 26.6. The predicted molar refractivity (Wildman–Crippen MR) is 60.6 cm³/mol. The van der Waals surface area contributed by atoms with Crippen LogP contribution in [-0.2, 0) is 0 Å². The fourth-order valence-corrected chi connectivity index (χ4v) is 2.28. The highest BCUT2D eigenvalue weighted by Gasteiger charge is 2.20. The Morgan fingerprint density at radius 1 is 1.47 bits per heavy atom. The zero-order valence-corrected chi connectivity index (χ0v) is 9.52. The third-order valence-electron chi connectivity index (χ3n) is 3.01. The molecule has 1 N–H and O–H groups in total. The molecule has 1 aliphatic rings. The maximum Gasteiger partial charge on any atom is 0.141 e. The van der Waals surface area contributed by atoms with E-state index in [1.165, 1.54) is 12.5 Å². The van der Waals surface area contributed by atoms with E-state index in [9.17, 15) is 4.39 Å². The first kappa shape index (κ1) is 10.9. The number of hydrogen-bond acceptors (Lipinski definition) is 1. The minimum atomic E-state index is -0.343. The Labute approximate surface area is 94.6 Å². The van der Waals surface area contributed by atoms with Gasteiger partial charge in [-0.3, -0.25) is 0 Å². The second-order valence-electron chi connectivity index (χ2n) is 4.31. The lowest BCUT2D eigenvalue weighted by Gasteiger charge is -2.28. The molecule has 2 atom stereocenters. The van der Waals surface area contributed by atoms with Gasteiger partial charge in [-0.25, -0.2) is 4.39 Å². The third kappa shape index (κ3) is 2.50. The molecule has 1 aromatic carbocycles. The van der Waals surface area contributed by atoms with E-state index in [4.69, 9.17) is 11.6 Å². The summed E-state index contributed by atoms with van der Waals surface area (Å²) in [6.45, 7) is 3.28. The van der Waals surface area contributed by atoms with Crippen molar-refractivity contribution in [2.45, 2.75) is 25.8 Å². The quantitative estimate of drug-likeness (QED) is 0.774. The summed E-state index contributed by atoms with van der Waals surface area (Å²) in [5.74, 6) is 0.379. The summed E-state index contributed by atoms with van der Waals surface area (Å²) in [4.78, 5) is 0. The van der Waals surface area contributed by atoms with Gasteiger partial charge in [-0.05, 0) is 43.0 Å². The van der Waals surface area contributed by atoms with Gasteiger partial charge in [-0.1, -0.05) is 24.6 Å². The number of rotatable bonds is 1. The molecule has 2 rings (SSSR count). The van der Waals surface area contributed by atoms with E-state index in [0.717, 1.165) is 24.4 Å². The highest BCUT2D eigenvalue weighted by Crippen LogP contribution is 2.28. The van der Waals surface area contributed by atoms with E-state index in [2.05, 4.69) is 12.2 Å². The summed E-state index contributed by atoms with van der Waals surface area (Å²) < 4.78 is 13.0. The maximum absolute atomic E-state index is 13.0. The van der Waals surface area contributed by atoms with Gasteiger partial charge in [-0.15, -0.1) is 0 Å². The van der Waals surface area contributed by atoms with Crippen molar-refractivity contribution in [2.24, 2.45) is 5.92 Å². The van der Waals surface area contributed by atoms with Crippen molar-refractivity contribution in [2.75, 3.05) is 6.54 Å². The van der Waals surface area contributed by atoms with E-state index < -0.39 is 0 Å². The predicted octanol–water partition coefficient (Wildman–Crippen LogP) is 3.54. The number of piperidine rings is 1. The molecule has 1 fully saturated rings. The fraction of sp³-hybridized carbons (Fsp3) is 0.500. The molecular weight excluding hydrogens is 213 g/mol. The Morgan fingerprint density at radius 3 is 2.93 bits per heavy atom. The van der Waals surface area contributed by atoms with Crippen LogP contribution in [0.15, 0.2) is 18.2 Å². The van der Waals surface area contributed by atoms with Crippen molar-refractivity contribution in [1.82, 2.24) is 5.32 Å². The number of halogens is 2. The summed E-state index contributed by atoms with van der Waals surface area (Å²) in [6.07, 6.45) is 2.31. The van der Waals surface area contributed by atoms with Crippen molar-refractivity contribution >= 4 is 11.6 Å². The molecule has 0 bridgehead atoms. The van der Waals surface area contributed by atoms with E-state index in [1.807, 2.05) is 6.07 Å². The van der Waals surface area contributed by atoms with Crippen molar-refractivity contribution in [3.8, 4) is 0 Å². The second-order valence-corrected chi connectivity index (χ2v) is 4.72. The van der Waals surface area contributed by atoms with Crippen molar-refractivity contribution in [1.29, 1.82) is 0 Å². The van der Waals surface area contributed by atoms with Gasteiger partial charge < -0.3 is 5.32 Å². The molecule has 0 saturated carbocycles. The van der Waals surface area contributed by atoms with Crippen molar-refractivity contribution in [3.63, 3.8) is 0 Å². The van der Waals surface area contributed by atoms with Gasteiger partial charge in [0, 0.05) is 6.04 Å². The van der Waals surface area contributed by atoms with Crippen molar-refractivity contribution in [3.05, 3.63) is 34.6 Å². The lowest BCUT2D eigenvalue weighted by atomic mass is 9.90. The van der Waals surface area contributed by atoms with Crippen molar-refractivity contribution < 1.29 is 4.39 Å². The molecular formula is C12H15ClFN. The highest BCUT2D eigenvalue weighted by atomic mass is 35.5. The molecule has 0 radical (unpaired) electrons. The monoisotopic (exact) mass is 227 g/mol. The summed E-state index contributed by atoms with van der Waals surface area (Å²) in [6, 6.07) is 5.31. The maximum atomic E-state index is 13.0. The van der Waals surface area contributed by atoms with Gasteiger partial charge in [0.1, 0.15) is 5.82 Å². The molecule has 0 spiro atoms. The second kappa shape index (κ2) is 4.50. The van der Waals surface area contributed by atoms with Crippen LogP contribution in [0.5, 0.6) is 0 Å². The minimum Gasteiger partial charge on any atom is -0.310 e. The molecule has 1 heterocycles. The Kier molecular flexibility index (Phi) is 3.27. The number of hydrogen-bond donors (Lipinski definition) is 1. The van der Waals surface area contributed by atoms with Gasteiger partial charge in [0.25, 0.3) is 0 Å². The molecule has 1 nitrogen and oxygen atoms in total. The first-order valence-corrected chi connectivity index (χ1v) is 5.73. The molecule has 15 heavy (non-hydrogen) atoms. The van der Waals surface area contributed by atoms with Crippen LogP contribution in [0.3, 0.4) is 0 Å². The first-order chi connectivity index (χ1) is 7.16. The Bertz CT molecular complexity index is 353. The zero-order valence-electron chi connectivity index (χ0n) is 8.76. The molecule has 82 valence electrons. The van der Waals surface area contributed by atoms with E-state index >= 15 is 0 Å². The average Bonchev–Trinajstić information content (AvgIpc) is 2.22. The smallest absolute Gasteiger partial charge is 0.141 e. The van der Waals surface area contributed by atoms with Crippen LogP contribution in [0.2, 0.25) is 5.02 Å². The largest absolute Gasteiger partial charge is 0.310 e. The van der Waals surface area contributed by atoms with Crippen LogP contribution in [0.1, 0.15) is 31.4 Å². The summed E-state index contributed by atoms with van der Waals surface area (Å²) in [5, 5.41) is 3.65. The van der Waals surface area contributed by atoms with Crippen LogP contribution in [0.25, 0.3) is 0 Å². The molecule has 3 heteroatoms. The topological polar surface area (TPSA) is 12.0 Å². The molecule has 0 aliphatic carbocycles. The molecule has 0 amide bonds. The van der Waals surface area contributed by atoms with Gasteiger partial charge in [0.05, 0.1) is 5.02 Å². The van der Waals surface area contributed by atoms with Crippen LogP contribution < -0.4 is 5.32 Å². The van der Waals surface area contributed by atoms with E-state index in [1.54, 1.807) is 6.07 Å². The lowest BCUT2D eigenvalue weighted by molar-refractivity contribution is 0.325. The standard InChI is InChI=1S/C12H15ClFN/c1-8-4-5-15-12(6-8)9-2-3-11(14)10(13)7-9/h2-3,7-8,12,15H,4-6H2,1H3. The lowest BCUT2D eigenvalue weighted by Crippen LogP contribution is -2.30. The Morgan fingerprint density at radius 2 is 2.27 bits per heavy atom. The Hall–Kier alpha value is -0.600. The van der Waals surface area contributed by atoms with E-state index in [-0.39, 0.29) is 10.8 Å². The molecule has 0 aromatic heterocycles. The van der Waals surface area contributed by atoms with Gasteiger partial charge in [-0.2, -0.15) is 0 Å². The Balaban J connectivity index is 2.18. The summed E-state index contributed by atoms with van der Waals surface area (Å²) in [7, 11) is 0. The molecule has 2 unspecified atom stereocenters. The van der Waals surface area contributed by atoms with Crippen LogP contribution >= 0.6 is 11.6 Å². The SMILES string of the molecule is CC1CCNC(c2ccc(F)c(Cl)c2)C1. The van der Waals surface area contributed by atoms with Crippen LogP contribution in [0, 0.1) is 11.7 Å². The molecule has 1 aliphatic heterocycles. The van der Waals surface area contributed by atoms with Gasteiger partial charge in [0.15, 0.2) is 0 Å². The molecule has 1 saturated heterocycles. The van der Waals surface area contributed by atoms with Gasteiger partial charge >= 0.3 is 0 Å². The number of nitrogens with one attached hydrogen (secondary N) is 1. The average molecular weight is 228 g/mol. The van der Waals surface area contributed by atoms with Crippen LogP contribution in [-0.4, -0.2) is 6.54 Å². The highest BCUT2D eigenvalue weighted by molar-refractivity contribution is 6.30. The minimum absolute atomic E-state index is 0.215. The van der Waals surface area contributed by atoms with Crippen LogP contribution in [0.4, 0.5) is 4.39 Å². The summed E-state index contributed by atoms with van der Waals surface area (Å²) in [5.41, 5.74) is 1.09. The van der Waals surface area contributed by atoms with E-state index in [0.29, 0.717) is 6.04 Å². The molecule has 1 aromatic rings. The number of benzene rings is 1. The summed E-state index contributed by atoms with van der Waals surface area (Å²) >= 11 is 5.77. The zero-order chi connectivity index (χ0) is 10.8.